The summed E-state index contributed by atoms with van der Waals surface area (Å²) in [6.45, 7) is 3.84. The predicted octanol–water partition coefficient (Wildman–Crippen LogP) is 1.98. The molecule has 0 spiro atoms. The molecule has 1 aromatic carbocycles. The molecule has 0 bridgehead atoms. The van der Waals surface area contributed by atoms with Gasteiger partial charge in [0.1, 0.15) is 0 Å². The standard InChI is InChI=1S/C14H19NO2/c1-14(2,10-11-16)15-13(17)9-8-12-6-4-3-5-7-12/h3-9,16H,10-11H2,1-2H3,(H,15,17)/b9-8+. The lowest BCUT2D eigenvalue weighted by molar-refractivity contribution is -0.118. The van der Waals surface area contributed by atoms with Gasteiger partial charge in [0.15, 0.2) is 0 Å². The second-order valence-corrected chi connectivity index (χ2v) is 4.59. The number of carbonyl (C=O) groups is 1. The van der Waals surface area contributed by atoms with E-state index >= 15 is 0 Å². The zero-order valence-electron chi connectivity index (χ0n) is 10.3. The zero-order chi connectivity index (χ0) is 12.7. The Morgan fingerprint density at radius 2 is 2.00 bits per heavy atom. The smallest absolute Gasteiger partial charge is 0.244 e. The molecule has 0 aliphatic carbocycles. The molecular formula is C14H19NO2. The number of benzene rings is 1. The van der Waals surface area contributed by atoms with Crippen LogP contribution in [0.25, 0.3) is 6.08 Å². The third kappa shape index (κ3) is 5.31. The molecule has 0 heterocycles. The van der Waals surface area contributed by atoms with Gasteiger partial charge in [0.25, 0.3) is 0 Å². The molecule has 3 nitrogen and oxygen atoms in total. The second kappa shape index (κ2) is 6.21. The topological polar surface area (TPSA) is 49.3 Å². The third-order valence-corrected chi connectivity index (χ3v) is 2.43. The first-order valence-corrected chi connectivity index (χ1v) is 5.70. The molecule has 0 atom stereocenters. The Kier molecular flexibility index (Phi) is 4.91. The van der Waals surface area contributed by atoms with Crippen LogP contribution in [-0.2, 0) is 4.79 Å². The van der Waals surface area contributed by atoms with E-state index in [1.165, 1.54) is 6.08 Å². The van der Waals surface area contributed by atoms with Crippen LogP contribution in [0.3, 0.4) is 0 Å². The number of carbonyl (C=O) groups excluding carboxylic acids is 1. The minimum atomic E-state index is -0.382. The minimum Gasteiger partial charge on any atom is -0.396 e. The van der Waals surface area contributed by atoms with Gasteiger partial charge in [-0.05, 0) is 31.9 Å². The van der Waals surface area contributed by atoms with E-state index < -0.39 is 0 Å². The van der Waals surface area contributed by atoms with Gasteiger partial charge in [0.2, 0.25) is 5.91 Å². The first kappa shape index (κ1) is 13.5. The van der Waals surface area contributed by atoms with Crippen molar-refractivity contribution < 1.29 is 9.90 Å². The Hall–Kier alpha value is -1.61. The van der Waals surface area contributed by atoms with Gasteiger partial charge in [0, 0.05) is 18.2 Å². The lowest BCUT2D eigenvalue weighted by Crippen LogP contribution is -2.43. The SMILES string of the molecule is CC(C)(CCO)NC(=O)/C=C/c1ccccc1. The molecular weight excluding hydrogens is 214 g/mol. The van der Waals surface area contributed by atoms with E-state index in [9.17, 15) is 4.79 Å². The Labute approximate surface area is 102 Å². The minimum absolute atomic E-state index is 0.0652. The highest BCUT2D eigenvalue weighted by Crippen LogP contribution is 2.07. The van der Waals surface area contributed by atoms with Crippen molar-refractivity contribution in [3.05, 3.63) is 42.0 Å². The van der Waals surface area contributed by atoms with Crippen LogP contribution in [0.5, 0.6) is 0 Å². The first-order chi connectivity index (χ1) is 8.03. The van der Waals surface area contributed by atoms with E-state index in [4.69, 9.17) is 5.11 Å². The van der Waals surface area contributed by atoms with E-state index in [0.29, 0.717) is 6.42 Å². The van der Waals surface area contributed by atoms with Crippen LogP contribution in [0.1, 0.15) is 25.8 Å². The van der Waals surface area contributed by atoms with Crippen molar-refractivity contribution in [2.45, 2.75) is 25.8 Å². The summed E-state index contributed by atoms with van der Waals surface area (Å²) < 4.78 is 0. The largest absolute Gasteiger partial charge is 0.396 e. The summed E-state index contributed by atoms with van der Waals surface area (Å²) in [6, 6.07) is 9.65. The molecule has 0 aliphatic heterocycles. The van der Waals surface area contributed by atoms with Crippen LogP contribution in [0.4, 0.5) is 0 Å². The maximum atomic E-state index is 11.6. The van der Waals surface area contributed by atoms with Crippen molar-refractivity contribution in [2.24, 2.45) is 0 Å². The third-order valence-electron chi connectivity index (χ3n) is 2.43. The van der Waals surface area contributed by atoms with Gasteiger partial charge < -0.3 is 10.4 Å². The highest BCUT2D eigenvalue weighted by molar-refractivity contribution is 5.92. The molecule has 1 rings (SSSR count). The fraction of sp³-hybridized carbons (Fsp3) is 0.357. The molecule has 0 radical (unpaired) electrons. The average Bonchev–Trinajstić information content (AvgIpc) is 2.27. The van der Waals surface area contributed by atoms with Crippen LogP contribution >= 0.6 is 0 Å². The molecule has 3 heteroatoms. The maximum Gasteiger partial charge on any atom is 0.244 e. The normalized spacial score (nSPS) is 11.7. The molecule has 92 valence electrons. The van der Waals surface area contributed by atoms with Crippen LogP contribution < -0.4 is 5.32 Å². The number of hydrogen-bond acceptors (Lipinski definition) is 2. The first-order valence-electron chi connectivity index (χ1n) is 5.70. The summed E-state index contributed by atoms with van der Waals surface area (Å²) >= 11 is 0. The number of aliphatic hydroxyl groups is 1. The number of nitrogens with one attached hydrogen (secondary N) is 1. The molecule has 17 heavy (non-hydrogen) atoms. The second-order valence-electron chi connectivity index (χ2n) is 4.59. The lowest BCUT2D eigenvalue weighted by Gasteiger charge is -2.24. The molecule has 0 saturated carbocycles. The fourth-order valence-corrected chi connectivity index (χ4v) is 1.45. The zero-order valence-corrected chi connectivity index (χ0v) is 10.3. The van der Waals surface area contributed by atoms with Crippen molar-refractivity contribution in [1.82, 2.24) is 5.32 Å². The number of hydrogen-bond donors (Lipinski definition) is 2. The van der Waals surface area contributed by atoms with Crippen LogP contribution in [0.2, 0.25) is 0 Å². The molecule has 1 aromatic rings. The highest BCUT2D eigenvalue weighted by Gasteiger charge is 2.17. The molecule has 2 N–H and O–H groups in total. The van der Waals surface area contributed by atoms with Gasteiger partial charge >= 0.3 is 0 Å². The summed E-state index contributed by atoms with van der Waals surface area (Å²) in [7, 11) is 0. The van der Waals surface area contributed by atoms with Crippen molar-refractivity contribution in [3.8, 4) is 0 Å². The fourth-order valence-electron chi connectivity index (χ4n) is 1.45. The molecule has 0 unspecified atom stereocenters. The van der Waals surface area contributed by atoms with Gasteiger partial charge in [-0.1, -0.05) is 30.3 Å². The Morgan fingerprint density at radius 1 is 1.35 bits per heavy atom. The van der Waals surface area contributed by atoms with E-state index in [1.54, 1.807) is 6.08 Å². The van der Waals surface area contributed by atoms with E-state index in [0.717, 1.165) is 5.56 Å². The van der Waals surface area contributed by atoms with Gasteiger partial charge in [-0.15, -0.1) is 0 Å². The van der Waals surface area contributed by atoms with Gasteiger partial charge in [-0.3, -0.25) is 4.79 Å². The van der Waals surface area contributed by atoms with Crippen molar-refractivity contribution in [2.75, 3.05) is 6.61 Å². The number of aliphatic hydroxyl groups excluding tert-OH is 1. The van der Waals surface area contributed by atoms with E-state index in [1.807, 2.05) is 44.2 Å². The Bertz CT molecular complexity index is 382. The maximum absolute atomic E-state index is 11.6. The predicted molar refractivity (Wildman–Crippen MR) is 69.4 cm³/mol. The van der Waals surface area contributed by atoms with Crippen molar-refractivity contribution in [3.63, 3.8) is 0 Å². The molecule has 0 aromatic heterocycles. The summed E-state index contributed by atoms with van der Waals surface area (Å²) in [5.41, 5.74) is 0.606. The van der Waals surface area contributed by atoms with Crippen LogP contribution in [-0.4, -0.2) is 23.2 Å². The highest BCUT2D eigenvalue weighted by atomic mass is 16.3. The summed E-state index contributed by atoms with van der Waals surface area (Å²) in [4.78, 5) is 11.6. The van der Waals surface area contributed by atoms with E-state index in [2.05, 4.69) is 5.32 Å². The number of amides is 1. The van der Waals surface area contributed by atoms with Gasteiger partial charge in [-0.25, -0.2) is 0 Å². The lowest BCUT2D eigenvalue weighted by atomic mass is 10.0. The molecule has 1 amide bonds. The molecule has 0 fully saturated rings. The number of rotatable bonds is 5. The Balaban J connectivity index is 2.53. The summed E-state index contributed by atoms with van der Waals surface area (Å²) in [6.07, 6.45) is 3.82. The summed E-state index contributed by atoms with van der Waals surface area (Å²) in [5.74, 6) is -0.146. The van der Waals surface area contributed by atoms with Crippen molar-refractivity contribution >= 4 is 12.0 Å². The average molecular weight is 233 g/mol. The van der Waals surface area contributed by atoms with Crippen LogP contribution in [0.15, 0.2) is 36.4 Å². The van der Waals surface area contributed by atoms with Crippen LogP contribution in [0, 0.1) is 0 Å². The van der Waals surface area contributed by atoms with Gasteiger partial charge in [-0.2, -0.15) is 0 Å². The molecule has 0 aliphatic rings. The Morgan fingerprint density at radius 3 is 2.59 bits per heavy atom. The van der Waals surface area contributed by atoms with Gasteiger partial charge in [0.05, 0.1) is 0 Å². The monoisotopic (exact) mass is 233 g/mol. The molecule has 0 saturated heterocycles. The van der Waals surface area contributed by atoms with E-state index in [-0.39, 0.29) is 18.1 Å². The summed E-state index contributed by atoms with van der Waals surface area (Å²) in [5, 5.41) is 11.7. The quantitative estimate of drug-likeness (QED) is 0.764. The van der Waals surface area contributed by atoms with Crippen molar-refractivity contribution in [1.29, 1.82) is 0 Å².